The fourth-order valence-corrected chi connectivity index (χ4v) is 7.43. The van der Waals surface area contributed by atoms with E-state index in [1.54, 1.807) is 12.1 Å². The third kappa shape index (κ3) is 4.32. The van der Waals surface area contributed by atoms with Gasteiger partial charge in [0.05, 0.1) is 16.9 Å². The van der Waals surface area contributed by atoms with Crippen LogP contribution in [0.15, 0.2) is 36.4 Å². The Hall–Kier alpha value is -4.01. The van der Waals surface area contributed by atoms with E-state index in [4.69, 9.17) is 14.8 Å². The van der Waals surface area contributed by atoms with Crippen LogP contribution in [0.5, 0.6) is 0 Å². The second-order valence-corrected chi connectivity index (χ2v) is 12.7. The van der Waals surface area contributed by atoms with Gasteiger partial charge in [0, 0.05) is 62.2 Å². The number of anilines is 3. The number of fused-ring (bicyclic) bond motifs is 1. The Balaban J connectivity index is 1.16. The first kappa shape index (κ1) is 26.9. The summed E-state index contributed by atoms with van der Waals surface area (Å²) in [4.78, 5) is 24.4. The molecule has 216 valence electrons. The van der Waals surface area contributed by atoms with Gasteiger partial charge in [0.2, 0.25) is 0 Å². The number of aryl methyl sites for hydroxylation is 2. The van der Waals surface area contributed by atoms with Gasteiger partial charge in [-0.2, -0.15) is 10.4 Å². The van der Waals surface area contributed by atoms with Crippen LogP contribution in [0, 0.1) is 29.5 Å². The van der Waals surface area contributed by atoms with Crippen LogP contribution in [0.2, 0.25) is 0 Å². The number of hydrogen-bond donors (Lipinski definition) is 0. The molecule has 0 saturated carbocycles. The van der Waals surface area contributed by atoms with E-state index in [-0.39, 0.29) is 23.2 Å². The molecule has 1 aromatic carbocycles. The lowest BCUT2D eigenvalue weighted by Gasteiger charge is -2.61. The largest absolute Gasteiger partial charge is 0.370 e. The molecule has 1 spiro atoms. The third-order valence-corrected chi connectivity index (χ3v) is 9.76. The number of thiazole rings is 1. The van der Waals surface area contributed by atoms with Crippen LogP contribution in [0.3, 0.4) is 0 Å². The van der Waals surface area contributed by atoms with E-state index >= 15 is 0 Å². The van der Waals surface area contributed by atoms with Crippen molar-refractivity contribution in [2.75, 3.05) is 49.6 Å². The normalized spacial score (nSPS) is 19.2. The molecule has 3 fully saturated rings. The van der Waals surface area contributed by atoms with Crippen molar-refractivity contribution in [2.24, 2.45) is 5.41 Å². The van der Waals surface area contributed by atoms with Crippen molar-refractivity contribution in [1.82, 2.24) is 19.5 Å². The molecule has 7 rings (SSSR count). The fourth-order valence-electron chi connectivity index (χ4n) is 6.58. The Morgan fingerprint density at radius 1 is 1.24 bits per heavy atom. The molecular weight excluding hydrogens is 553 g/mol. The van der Waals surface area contributed by atoms with Gasteiger partial charge in [0.25, 0.3) is 5.91 Å². The van der Waals surface area contributed by atoms with Gasteiger partial charge >= 0.3 is 0 Å². The number of benzene rings is 1. The molecule has 1 atom stereocenters. The molecular formula is C31H32FN7O2S. The summed E-state index contributed by atoms with van der Waals surface area (Å²) in [6.07, 6.45) is 2.29. The zero-order valence-corrected chi connectivity index (χ0v) is 24.7. The zero-order chi connectivity index (χ0) is 29.2. The highest BCUT2D eigenvalue weighted by Crippen LogP contribution is 2.44. The van der Waals surface area contributed by atoms with E-state index in [0.717, 1.165) is 73.7 Å². The molecule has 4 aromatic rings. The van der Waals surface area contributed by atoms with Crippen LogP contribution in [-0.2, 0) is 16.0 Å². The van der Waals surface area contributed by atoms with Crippen molar-refractivity contribution in [2.45, 2.75) is 39.2 Å². The Morgan fingerprint density at radius 2 is 2.00 bits per heavy atom. The van der Waals surface area contributed by atoms with E-state index in [2.05, 4.69) is 36.9 Å². The Morgan fingerprint density at radius 3 is 2.67 bits per heavy atom. The smallest absolute Gasteiger partial charge is 0.251 e. The van der Waals surface area contributed by atoms with Crippen LogP contribution in [0.25, 0.3) is 16.8 Å². The Kier molecular flexibility index (Phi) is 6.44. The number of nitriles is 1. The molecule has 3 aliphatic heterocycles. The number of halogens is 1. The molecule has 1 amide bonds. The fraction of sp³-hybridized carbons (Fsp3) is 0.419. The zero-order valence-electron chi connectivity index (χ0n) is 23.9. The number of aromatic nitrogens is 3. The van der Waals surface area contributed by atoms with Crippen molar-refractivity contribution >= 4 is 39.3 Å². The molecule has 9 nitrogen and oxygen atoms in total. The van der Waals surface area contributed by atoms with Gasteiger partial charge in [0.1, 0.15) is 28.6 Å². The van der Waals surface area contributed by atoms with Gasteiger partial charge in [0.15, 0.2) is 5.13 Å². The maximum Gasteiger partial charge on any atom is 0.251 e. The molecule has 0 bridgehead atoms. The lowest BCUT2D eigenvalue weighted by molar-refractivity contribution is -0.155. The summed E-state index contributed by atoms with van der Waals surface area (Å²) in [7, 11) is 1.96. The van der Waals surface area contributed by atoms with Crippen LogP contribution in [0.1, 0.15) is 36.0 Å². The number of nitrogens with zero attached hydrogens (tertiary/aromatic N) is 7. The minimum absolute atomic E-state index is 0.150. The van der Waals surface area contributed by atoms with Gasteiger partial charge in [-0.15, -0.1) is 0 Å². The molecule has 42 heavy (non-hydrogen) atoms. The van der Waals surface area contributed by atoms with Gasteiger partial charge in [-0.1, -0.05) is 18.3 Å². The molecule has 3 saturated heterocycles. The summed E-state index contributed by atoms with van der Waals surface area (Å²) >= 11 is 1.32. The standard InChI is InChI=1S/C31H32FN7O2S/c1-4-23-28(36(3)30-34-27(26(14-33)42-30)20-7-9-21(32)10-8-20)24-13-22(12-19(2)39(24)35-23)37-15-31(16-37)17-38(18-31)29(40)25-6-5-11-41-25/h7-10,12-13,25H,4-6,11,15-18H2,1-3H3. The van der Waals surface area contributed by atoms with E-state index < -0.39 is 0 Å². The van der Waals surface area contributed by atoms with Crippen molar-refractivity contribution < 1.29 is 13.9 Å². The lowest BCUT2D eigenvalue weighted by Crippen LogP contribution is -2.73. The van der Waals surface area contributed by atoms with E-state index in [0.29, 0.717) is 27.9 Å². The van der Waals surface area contributed by atoms with Crippen LogP contribution in [-0.4, -0.2) is 71.3 Å². The second kappa shape index (κ2) is 10.1. The summed E-state index contributed by atoms with van der Waals surface area (Å²) in [6, 6.07) is 12.7. The molecule has 0 radical (unpaired) electrons. The molecule has 0 N–H and O–H groups in total. The lowest BCUT2D eigenvalue weighted by atomic mass is 9.72. The summed E-state index contributed by atoms with van der Waals surface area (Å²) in [5.74, 6) is -0.179. The number of hydrogen-bond acceptors (Lipinski definition) is 8. The van der Waals surface area contributed by atoms with Gasteiger partial charge in [-0.05, 0) is 62.6 Å². The highest BCUT2D eigenvalue weighted by atomic mass is 32.1. The first-order chi connectivity index (χ1) is 20.3. The number of likely N-dealkylation sites (tertiary alicyclic amines) is 1. The number of pyridine rings is 1. The highest BCUT2D eigenvalue weighted by molar-refractivity contribution is 7.16. The molecule has 3 aromatic heterocycles. The van der Waals surface area contributed by atoms with Gasteiger partial charge in [-0.25, -0.2) is 13.9 Å². The summed E-state index contributed by atoms with van der Waals surface area (Å²) in [5, 5.41) is 15.5. The number of carbonyl (C=O) groups excluding carboxylic acids is 1. The SMILES string of the molecule is CCc1nn2c(C)cc(N3CC4(CN(C(=O)C5CCCO5)C4)C3)cc2c1N(C)c1nc(-c2ccc(F)cc2)c(C#N)s1. The second-order valence-electron chi connectivity index (χ2n) is 11.7. The number of carbonyl (C=O) groups is 1. The molecule has 3 aliphatic rings. The first-order valence-electron chi connectivity index (χ1n) is 14.4. The average Bonchev–Trinajstić information content (AvgIpc) is 3.70. The van der Waals surface area contributed by atoms with Crippen LogP contribution in [0.4, 0.5) is 20.9 Å². The number of rotatable bonds is 6. The molecule has 1 unspecified atom stereocenters. The maximum atomic E-state index is 13.5. The minimum Gasteiger partial charge on any atom is -0.370 e. The van der Waals surface area contributed by atoms with Crippen LogP contribution >= 0.6 is 11.3 Å². The Labute approximate surface area is 247 Å². The van der Waals surface area contributed by atoms with Crippen molar-refractivity contribution in [1.29, 1.82) is 5.26 Å². The average molecular weight is 586 g/mol. The van der Waals surface area contributed by atoms with E-state index in [1.165, 1.54) is 23.5 Å². The quantitative estimate of drug-likeness (QED) is 0.317. The van der Waals surface area contributed by atoms with Crippen LogP contribution < -0.4 is 9.80 Å². The molecule has 6 heterocycles. The third-order valence-electron chi connectivity index (χ3n) is 8.72. The van der Waals surface area contributed by atoms with E-state index in [9.17, 15) is 14.4 Å². The molecule has 11 heteroatoms. The van der Waals surface area contributed by atoms with Crippen molar-refractivity contribution in [3.05, 3.63) is 58.5 Å². The number of ether oxygens (including phenoxy) is 1. The van der Waals surface area contributed by atoms with E-state index in [1.807, 2.05) is 21.4 Å². The number of amides is 1. The summed E-state index contributed by atoms with van der Waals surface area (Å²) < 4.78 is 21.1. The Bertz CT molecular complexity index is 1720. The monoisotopic (exact) mass is 585 g/mol. The van der Waals surface area contributed by atoms with Gasteiger partial charge < -0.3 is 19.4 Å². The van der Waals surface area contributed by atoms with Crippen molar-refractivity contribution in [3.63, 3.8) is 0 Å². The summed E-state index contributed by atoms with van der Waals surface area (Å²) in [5.41, 5.74) is 6.46. The topological polar surface area (TPSA) is 90.0 Å². The first-order valence-corrected chi connectivity index (χ1v) is 15.2. The highest BCUT2D eigenvalue weighted by Gasteiger charge is 2.54. The maximum absolute atomic E-state index is 13.5. The van der Waals surface area contributed by atoms with Gasteiger partial charge in [-0.3, -0.25) is 4.79 Å². The predicted octanol–water partition coefficient (Wildman–Crippen LogP) is 4.93. The summed E-state index contributed by atoms with van der Waals surface area (Å²) in [6.45, 7) is 8.26. The molecule has 0 aliphatic carbocycles. The minimum atomic E-state index is -0.329. The predicted molar refractivity (Wildman–Crippen MR) is 160 cm³/mol. The van der Waals surface area contributed by atoms with Crippen molar-refractivity contribution in [3.8, 4) is 17.3 Å².